The van der Waals surface area contributed by atoms with Gasteiger partial charge in [-0.1, -0.05) is 12.0 Å². The predicted octanol–water partition coefficient (Wildman–Crippen LogP) is 4.95. The highest BCUT2D eigenvalue weighted by molar-refractivity contribution is 5.93. The Morgan fingerprint density at radius 3 is 2.53 bits per heavy atom. The van der Waals surface area contributed by atoms with Gasteiger partial charge in [0.1, 0.15) is 24.7 Å². The number of hydrogen-bond acceptors (Lipinski definition) is 7. The van der Waals surface area contributed by atoms with Crippen LogP contribution in [0.25, 0.3) is 5.69 Å². The summed E-state index contributed by atoms with van der Waals surface area (Å²) in [6.45, 7) is 4.06. The van der Waals surface area contributed by atoms with Crippen molar-refractivity contribution in [3.05, 3.63) is 105 Å². The van der Waals surface area contributed by atoms with Crippen LogP contribution < -0.4 is 14.9 Å². The summed E-state index contributed by atoms with van der Waals surface area (Å²) in [5.41, 5.74) is 5.65. The highest BCUT2D eigenvalue weighted by atomic mass is 16.6. The molecular weight excluding hydrogens is 488 g/mol. The first-order chi connectivity index (χ1) is 18.4. The number of nitro groups is 1. The molecule has 0 spiro atoms. The van der Waals surface area contributed by atoms with Crippen LogP contribution in [0.15, 0.2) is 76.2 Å². The lowest BCUT2D eigenvalue weighted by Gasteiger charge is -2.10. The number of hydrazone groups is 1. The molecule has 0 unspecified atom stereocenters. The van der Waals surface area contributed by atoms with E-state index >= 15 is 0 Å². The van der Waals surface area contributed by atoms with Crippen LogP contribution in [0.3, 0.4) is 0 Å². The lowest BCUT2D eigenvalue weighted by Crippen LogP contribution is -2.17. The monoisotopic (exact) mass is 512 g/mol. The molecule has 0 atom stereocenters. The number of carbonyl (C=O) groups excluding carboxylic acids is 1. The SMILES string of the molecule is C#CCOc1c(/C=N/NC(=O)c2ccc(COc3ccc(-n4c(C)ccc4C)cc3)o2)cccc1[N+](=O)[O-]. The Morgan fingerprint density at radius 2 is 1.84 bits per heavy atom. The normalized spacial score (nSPS) is 10.8. The van der Waals surface area contributed by atoms with Gasteiger partial charge in [-0.05, 0) is 68.4 Å². The first-order valence-corrected chi connectivity index (χ1v) is 11.5. The van der Waals surface area contributed by atoms with Gasteiger partial charge in [0.25, 0.3) is 0 Å². The van der Waals surface area contributed by atoms with E-state index in [1.54, 1.807) is 12.1 Å². The molecule has 1 amide bonds. The number of aromatic nitrogens is 1. The van der Waals surface area contributed by atoms with E-state index in [1.165, 1.54) is 24.4 Å². The molecule has 10 heteroatoms. The summed E-state index contributed by atoms with van der Waals surface area (Å²) in [4.78, 5) is 23.1. The maximum absolute atomic E-state index is 12.4. The van der Waals surface area contributed by atoms with Crippen molar-refractivity contribution in [2.24, 2.45) is 5.10 Å². The highest BCUT2D eigenvalue weighted by Crippen LogP contribution is 2.30. The highest BCUT2D eigenvalue weighted by Gasteiger charge is 2.18. The average molecular weight is 513 g/mol. The van der Waals surface area contributed by atoms with Crippen LogP contribution in [0.2, 0.25) is 0 Å². The standard InChI is InChI=1S/C28H24N4O6/c1-4-16-36-27-21(6-5-7-25(27)32(34)35)17-29-30-28(33)26-15-14-24(38-26)18-37-23-12-10-22(11-13-23)31-19(2)8-9-20(31)3/h1,5-15,17H,16,18H2,2-3H3,(H,30,33)/b29-17+. The fourth-order valence-electron chi connectivity index (χ4n) is 3.77. The average Bonchev–Trinajstić information content (AvgIpc) is 3.53. The van der Waals surface area contributed by atoms with Gasteiger partial charge in [0.05, 0.1) is 11.1 Å². The molecule has 0 aliphatic heterocycles. The number of carbonyl (C=O) groups is 1. The lowest BCUT2D eigenvalue weighted by atomic mass is 10.2. The molecule has 4 rings (SSSR count). The van der Waals surface area contributed by atoms with Crippen LogP contribution in [-0.4, -0.2) is 28.2 Å². The van der Waals surface area contributed by atoms with Crippen LogP contribution in [0.4, 0.5) is 5.69 Å². The fourth-order valence-corrected chi connectivity index (χ4v) is 3.77. The minimum Gasteiger partial charge on any atom is -0.486 e. The Morgan fingerprint density at radius 1 is 1.11 bits per heavy atom. The van der Waals surface area contributed by atoms with Gasteiger partial charge in [-0.3, -0.25) is 14.9 Å². The number of amides is 1. The number of nitrogens with one attached hydrogen (secondary N) is 1. The number of aryl methyl sites for hydroxylation is 2. The second-order valence-electron chi connectivity index (χ2n) is 8.14. The van der Waals surface area contributed by atoms with Crippen molar-refractivity contribution in [1.82, 2.24) is 9.99 Å². The topological polar surface area (TPSA) is 121 Å². The molecule has 192 valence electrons. The molecule has 0 bridgehead atoms. The van der Waals surface area contributed by atoms with E-state index in [2.05, 4.69) is 33.1 Å². The maximum Gasteiger partial charge on any atom is 0.311 e. The second kappa shape index (κ2) is 11.6. The van der Waals surface area contributed by atoms with Crippen LogP contribution in [0, 0.1) is 36.3 Å². The molecule has 0 saturated carbocycles. The second-order valence-corrected chi connectivity index (χ2v) is 8.14. The van der Waals surface area contributed by atoms with Gasteiger partial charge >= 0.3 is 11.6 Å². The molecule has 10 nitrogen and oxygen atoms in total. The molecule has 0 saturated heterocycles. The minimum atomic E-state index is -0.606. The molecule has 2 aromatic heterocycles. The number of ether oxygens (including phenoxy) is 2. The zero-order valence-corrected chi connectivity index (χ0v) is 20.7. The summed E-state index contributed by atoms with van der Waals surface area (Å²) < 4.78 is 18.8. The molecule has 0 aliphatic carbocycles. The van der Waals surface area contributed by atoms with Gasteiger partial charge in [0.2, 0.25) is 5.75 Å². The summed E-state index contributed by atoms with van der Waals surface area (Å²) in [6, 6.07) is 19.2. The molecule has 2 aromatic carbocycles. The van der Waals surface area contributed by atoms with Crippen LogP contribution in [0.5, 0.6) is 11.5 Å². The van der Waals surface area contributed by atoms with E-state index in [-0.39, 0.29) is 36.0 Å². The number of furan rings is 1. The van der Waals surface area contributed by atoms with Crippen LogP contribution in [-0.2, 0) is 6.61 Å². The van der Waals surface area contributed by atoms with E-state index in [1.807, 2.05) is 38.1 Å². The van der Waals surface area contributed by atoms with Gasteiger partial charge in [0, 0.05) is 28.7 Å². The number of terminal acetylenes is 1. The van der Waals surface area contributed by atoms with E-state index < -0.39 is 10.8 Å². The van der Waals surface area contributed by atoms with Gasteiger partial charge in [-0.15, -0.1) is 6.42 Å². The third-order valence-corrected chi connectivity index (χ3v) is 5.52. The zero-order chi connectivity index (χ0) is 27.1. The van der Waals surface area contributed by atoms with Crippen molar-refractivity contribution < 1.29 is 23.6 Å². The zero-order valence-electron chi connectivity index (χ0n) is 20.7. The molecule has 0 fully saturated rings. The van der Waals surface area contributed by atoms with Gasteiger partial charge in [0.15, 0.2) is 5.76 Å². The van der Waals surface area contributed by atoms with Crippen molar-refractivity contribution in [3.63, 3.8) is 0 Å². The van der Waals surface area contributed by atoms with Crippen molar-refractivity contribution in [1.29, 1.82) is 0 Å². The van der Waals surface area contributed by atoms with Crippen molar-refractivity contribution in [2.75, 3.05) is 6.61 Å². The van der Waals surface area contributed by atoms with Crippen LogP contribution >= 0.6 is 0 Å². The van der Waals surface area contributed by atoms with E-state index in [4.69, 9.17) is 20.3 Å². The summed E-state index contributed by atoms with van der Waals surface area (Å²) in [5.74, 6) is 2.74. The number of rotatable bonds is 10. The Labute approximate surface area is 218 Å². The van der Waals surface area contributed by atoms with E-state index in [0.717, 1.165) is 17.1 Å². The Bertz CT molecular complexity index is 1510. The third kappa shape index (κ3) is 5.91. The van der Waals surface area contributed by atoms with Gasteiger partial charge < -0.3 is 18.5 Å². The van der Waals surface area contributed by atoms with Crippen molar-refractivity contribution in [2.45, 2.75) is 20.5 Å². The number of nitrogens with zero attached hydrogens (tertiary/aromatic N) is 3. The third-order valence-electron chi connectivity index (χ3n) is 5.52. The molecule has 38 heavy (non-hydrogen) atoms. The first-order valence-electron chi connectivity index (χ1n) is 11.5. The van der Waals surface area contributed by atoms with Gasteiger partial charge in [-0.25, -0.2) is 5.43 Å². The summed E-state index contributed by atoms with van der Waals surface area (Å²) in [7, 11) is 0. The molecule has 4 aromatic rings. The fraction of sp³-hybridized carbons (Fsp3) is 0.143. The molecular formula is C28H24N4O6. The minimum absolute atomic E-state index is 0.0255. The largest absolute Gasteiger partial charge is 0.486 e. The summed E-state index contributed by atoms with van der Waals surface area (Å²) in [6.07, 6.45) is 6.42. The molecule has 0 aliphatic rings. The Balaban J connectivity index is 1.35. The first kappa shape index (κ1) is 25.8. The summed E-state index contributed by atoms with van der Waals surface area (Å²) >= 11 is 0. The van der Waals surface area contributed by atoms with Crippen molar-refractivity contribution in [3.8, 4) is 29.5 Å². The number of para-hydroxylation sites is 1. The van der Waals surface area contributed by atoms with Gasteiger partial charge in [-0.2, -0.15) is 5.10 Å². The lowest BCUT2D eigenvalue weighted by molar-refractivity contribution is -0.385. The smallest absolute Gasteiger partial charge is 0.311 e. The number of benzene rings is 2. The van der Waals surface area contributed by atoms with Crippen molar-refractivity contribution >= 4 is 17.8 Å². The Kier molecular flexibility index (Phi) is 7.89. The number of hydrogen-bond donors (Lipinski definition) is 1. The van der Waals surface area contributed by atoms with E-state index in [0.29, 0.717) is 11.5 Å². The molecule has 2 heterocycles. The van der Waals surface area contributed by atoms with Crippen LogP contribution in [0.1, 0.15) is 33.3 Å². The predicted molar refractivity (Wildman–Crippen MR) is 141 cm³/mol. The molecule has 0 radical (unpaired) electrons. The molecule has 1 N–H and O–H groups in total. The number of nitro benzene ring substituents is 1. The summed E-state index contributed by atoms with van der Waals surface area (Å²) in [5, 5.41) is 15.1. The quantitative estimate of drug-likeness (QED) is 0.139. The Hall–Kier alpha value is -5.30. The maximum atomic E-state index is 12.4. The van der Waals surface area contributed by atoms with E-state index in [9.17, 15) is 14.9 Å².